The zero-order valence-corrected chi connectivity index (χ0v) is 12.3. The molecule has 0 heterocycles. The van der Waals surface area contributed by atoms with Crippen molar-refractivity contribution < 1.29 is 0 Å². The Morgan fingerprint density at radius 3 is 2.59 bits per heavy atom. The van der Waals surface area contributed by atoms with Gasteiger partial charge in [0.05, 0.1) is 11.3 Å². The van der Waals surface area contributed by atoms with Crippen LogP contribution in [0.5, 0.6) is 0 Å². The van der Waals surface area contributed by atoms with E-state index >= 15 is 0 Å². The van der Waals surface area contributed by atoms with E-state index in [-0.39, 0.29) is 0 Å². The summed E-state index contributed by atoms with van der Waals surface area (Å²) in [6.45, 7) is 7.47. The van der Waals surface area contributed by atoms with Gasteiger partial charge in [-0.25, -0.2) is 0 Å². The van der Waals surface area contributed by atoms with E-state index in [4.69, 9.17) is 0 Å². The number of hydrogen-bond acceptors (Lipinski definition) is 2. The maximum Gasteiger partial charge on any atom is 0.101 e. The van der Waals surface area contributed by atoms with Crippen molar-refractivity contribution in [3.63, 3.8) is 0 Å². The molecule has 0 amide bonds. The highest BCUT2D eigenvalue weighted by Crippen LogP contribution is 2.24. The van der Waals surface area contributed by atoms with Gasteiger partial charge in [-0.3, -0.25) is 0 Å². The van der Waals surface area contributed by atoms with Gasteiger partial charge in [-0.15, -0.1) is 0 Å². The monoisotopic (exact) mass is 294 g/mol. The van der Waals surface area contributed by atoms with Gasteiger partial charge in [0, 0.05) is 17.9 Å². The van der Waals surface area contributed by atoms with E-state index in [1.54, 1.807) is 0 Å². The predicted molar refractivity (Wildman–Crippen MR) is 76.6 cm³/mol. The largest absolute Gasteiger partial charge is 0.368 e. The van der Waals surface area contributed by atoms with E-state index in [0.29, 0.717) is 6.04 Å². The van der Waals surface area contributed by atoms with Gasteiger partial charge in [0.2, 0.25) is 0 Å². The van der Waals surface area contributed by atoms with Crippen LogP contribution in [0.4, 0.5) is 5.69 Å². The molecule has 1 aromatic rings. The molecule has 0 fully saturated rings. The molecular formula is C14H19BrN2. The minimum atomic E-state index is 0.414. The van der Waals surface area contributed by atoms with Gasteiger partial charge >= 0.3 is 0 Å². The van der Waals surface area contributed by atoms with E-state index in [1.807, 2.05) is 6.07 Å². The van der Waals surface area contributed by atoms with Crippen LogP contribution in [-0.2, 0) is 5.33 Å². The lowest BCUT2D eigenvalue weighted by atomic mass is 10.1. The first-order chi connectivity index (χ1) is 8.13. The molecule has 0 atom stereocenters. The summed E-state index contributed by atoms with van der Waals surface area (Å²) in [6.07, 6.45) is 1.09. The third kappa shape index (κ3) is 3.47. The van der Waals surface area contributed by atoms with Crippen LogP contribution >= 0.6 is 15.9 Å². The van der Waals surface area contributed by atoms with Crippen molar-refractivity contribution in [1.82, 2.24) is 0 Å². The molecule has 1 aromatic carbocycles. The van der Waals surface area contributed by atoms with Crippen LogP contribution < -0.4 is 4.90 Å². The van der Waals surface area contributed by atoms with Crippen LogP contribution in [0.25, 0.3) is 0 Å². The van der Waals surface area contributed by atoms with Crippen molar-refractivity contribution in [1.29, 1.82) is 5.26 Å². The van der Waals surface area contributed by atoms with Crippen molar-refractivity contribution in [2.75, 3.05) is 11.4 Å². The van der Waals surface area contributed by atoms with Gasteiger partial charge in [0.15, 0.2) is 0 Å². The fourth-order valence-corrected chi connectivity index (χ4v) is 2.25. The van der Waals surface area contributed by atoms with E-state index in [1.165, 1.54) is 0 Å². The zero-order valence-electron chi connectivity index (χ0n) is 10.7. The lowest BCUT2D eigenvalue weighted by Crippen LogP contribution is -2.32. The quantitative estimate of drug-likeness (QED) is 0.765. The highest BCUT2D eigenvalue weighted by Gasteiger charge is 2.13. The Hall–Kier alpha value is -1.01. The molecule has 3 heteroatoms. The number of anilines is 1. The van der Waals surface area contributed by atoms with Gasteiger partial charge in [0.1, 0.15) is 6.07 Å². The number of nitriles is 1. The SMILES string of the molecule is CCCN(c1ccc(CBr)cc1C#N)C(C)C. The van der Waals surface area contributed by atoms with Crippen molar-refractivity contribution in [2.45, 2.75) is 38.6 Å². The molecule has 0 N–H and O–H groups in total. The highest BCUT2D eigenvalue weighted by molar-refractivity contribution is 9.08. The number of alkyl halides is 1. The summed E-state index contributed by atoms with van der Waals surface area (Å²) < 4.78 is 0. The number of hydrogen-bond donors (Lipinski definition) is 0. The van der Waals surface area contributed by atoms with Gasteiger partial charge < -0.3 is 4.90 Å². The Morgan fingerprint density at radius 1 is 1.41 bits per heavy atom. The molecule has 0 aliphatic rings. The molecule has 0 saturated heterocycles. The van der Waals surface area contributed by atoms with Crippen LogP contribution in [0.1, 0.15) is 38.3 Å². The second-order valence-electron chi connectivity index (χ2n) is 4.38. The Labute approximate surface area is 112 Å². The van der Waals surface area contributed by atoms with Crippen molar-refractivity contribution in [3.05, 3.63) is 29.3 Å². The zero-order chi connectivity index (χ0) is 12.8. The van der Waals surface area contributed by atoms with Crippen LogP contribution in [0.2, 0.25) is 0 Å². The summed E-state index contributed by atoms with van der Waals surface area (Å²) in [5.41, 5.74) is 2.96. The van der Waals surface area contributed by atoms with Gasteiger partial charge in [-0.2, -0.15) is 5.26 Å². The maximum absolute atomic E-state index is 9.25. The average molecular weight is 295 g/mol. The fraction of sp³-hybridized carbons (Fsp3) is 0.500. The summed E-state index contributed by atoms with van der Waals surface area (Å²) >= 11 is 3.42. The Morgan fingerprint density at radius 2 is 2.12 bits per heavy atom. The molecule has 0 spiro atoms. The summed E-state index contributed by atoms with van der Waals surface area (Å²) in [5.74, 6) is 0. The Bertz CT molecular complexity index is 407. The number of rotatable bonds is 5. The van der Waals surface area contributed by atoms with E-state index in [2.05, 4.69) is 59.8 Å². The predicted octanol–water partition coefficient (Wildman–Crippen LogP) is 4.08. The Kier molecular flexibility index (Phi) is 5.50. The molecule has 0 aromatic heterocycles. The van der Waals surface area contributed by atoms with Crippen molar-refractivity contribution >= 4 is 21.6 Å². The first-order valence-electron chi connectivity index (χ1n) is 5.99. The molecule has 2 nitrogen and oxygen atoms in total. The normalized spacial score (nSPS) is 10.4. The third-order valence-electron chi connectivity index (χ3n) is 2.73. The first kappa shape index (κ1) is 14.1. The average Bonchev–Trinajstić information content (AvgIpc) is 2.35. The second kappa shape index (κ2) is 6.66. The number of nitrogens with zero attached hydrogens (tertiary/aromatic N) is 2. The van der Waals surface area contributed by atoms with Crippen molar-refractivity contribution in [3.8, 4) is 6.07 Å². The van der Waals surface area contributed by atoms with Crippen LogP contribution in [0.15, 0.2) is 18.2 Å². The van der Waals surface area contributed by atoms with Crippen molar-refractivity contribution in [2.24, 2.45) is 0 Å². The molecule has 0 saturated carbocycles. The lowest BCUT2D eigenvalue weighted by Gasteiger charge is -2.29. The minimum Gasteiger partial charge on any atom is -0.368 e. The maximum atomic E-state index is 9.25. The molecule has 0 unspecified atom stereocenters. The molecule has 17 heavy (non-hydrogen) atoms. The van der Waals surface area contributed by atoms with E-state index in [0.717, 1.165) is 35.1 Å². The number of benzene rings is 1. The standard InChI is InChI=1S/C14H19BrN2/c1-4-7-17(11(2)3)14-6-5-12(9-15)8-13(14)10-16/h5-6,8,11H,4,7,9H2,1-3H3. The van der Waals surface area contributed by atoms with Gasteiger partial charge in [-0.1, -0.05) is 28.9 Å². The van der Waals surface area contributed by atoms with Gasteiger partial charge in [0.25, 0.3) is 0 Å². The molecule has 0 aliphatic heterocycles. The third-order valence-corrected chi connectivity index (χ3v) is 3.38. The smallest absolute Gasteiger partial charge is 0.101 e. The first-order valence-corrected chi connectivity index (χ1v) is 7.11. The van der Waals surface area contributed by atoms with E-state index < -0.39 is 0 Å². The summed E-state index contributed by atoms with van der Waals surface area (Å²) in [5, 5.41) is 10.0. The minimum absolute atomic E-state index is 0.414. The second-order valence-corrected chi connectivity index (χ2v) is 4.94. The Balaban J connectivity index is 3.15. The number of halogens is 1. The van der Waals surface area contributed by atoms with Crippen LogP contribution in [-0.4, -0.2) is 12.6 Å². The molecule has 1 rings (SSSR count). The summed E-state index contributed by atoms with van der Waals surface area (Å²) in [7, 11) is 0. The topological polar surface area (TPSA) is 27.0 Å². The summed E-state index contributed by atoms with van der Waals surface area (Å²) in [4.78, 5) is 2.29. The molecule has 92 valence electrons. The van der Waals surface area contributed by atoms with E-state index in [9.17, 15) is 5.26 Å². The molecule has 0 bridgehead atoms. The van der Waals surface area contributed by atoms with Gasteiger partial charge in [-0.05, 0) is 38.0 Å². The summed E-state index contributed by atoms with van der Waals surface area (Å²) in [6, 6.07) is 8.82. The molecule has 0 aliphatic carbocycles. The van der Waals surface area contributed by atoms with Crippen LogP contribution in [0, 0.1) is 11.3 Å². The lowest BCUT2D eigenvalue weighted by molar-refractivity contribution is 0.670. The highest BCUT2D eigenvalue weighted by atomic mass is 79.9. The molecule has 0 radical (unpaired) electrons. The van der Waals surface area contributed by atoms with Crippen LogP contribution in [0.3, 0.4) is 0 Å². The fourth-order valence-electron chi connectivity index (χ4n) is 1.90. The molecular weight excluding hydrogens is 276 g/mol.